The number of hydrogen-bond acceptors (Lipinski definition) is 3. The van der Waals surface area contributed by atoms with E-state index in [0.29, 0.717) is 0 Å². The summed E-state index contributed by atoms with van der Waals surface area (Å²) in [6, 6.07) is -1.82. The maximum absolute atomic E-state index is 11.4. The van der Waals surface area contributed by atoms with Gasteiger partial charge in [-0.2, -0.15) is 0 Å². The molecule has 0 aromatic heterocycles. The van der Waals surface area contributed by atoms with Crippen LogP contribution in [0, 0.1) is 0 Å². The number of carboxylic acids is 1. The van der Waals surface area contributed by atoms with E-state index in [2.05, 4.69) is 17.6 Å². The minimum Gasteiger partial charge on any atom is -0.480 e. The number of aliphatic hydroxyl groups excluding tert-OH is 1. The van der Waals surface area contributed by atoms with Crippen molar-refractivity contribution in [3.63, 3.8) is 0 Å². The van der Waals surface area contributed by atoms with Gasteiger partial charge >= 0.3 is 12.0 Å². The summed E-state index contributed by atoms with van der Waals surface area (Å²) in [5, 5.41) is 22.2. The molecule has 0 saturated heterocycles. The van der Waals surface area contributed by atoms with Gasteiger partial charge in [0.05, 0.1) is 6.61 Å². The highest BCUT2D eigenvalue weighted by molar-refractivity contribution is 5.82. The van der Waals surface area contributed by atoms with E-state index >= 15 is 0 Å². The summed E-state index contributed by atoms with van der Waals surface area (Å²) in [4.78, 5) is 21.9. The molecule has 100 valence electrons. The molecule has 0 aliphatic carbocycles. The molecule has 0 aromatic rings. The van der Waals surface area contributed by atoms with Gasteiger partial charge in [0.15, 0.2) is 6.04 Å². The molecule has 0 fully saturated rings. The number of carbonyl (C=O) groups excluding carboxylic acids is 1. The second-order valence-electron chi connectivity index (χ2n) is 4.09. The maximum atomic E-state index is 11.4. The van der Waals surface area contributed by atoms with Gasteiger partial charge in [-0.05, 0) is 13.3 Å². The molecule has 0 aromatic carbocycles. The Morgan fingerprint density at radius 2 is 1.88 bits per heavy atom. The standard InChI is InChI=1S/C11H22N2O4/c1-3-4-5-6-8(2)12-11(17)13-9(7-14)10(15)16/h8-9,14H,3-7H2,1-2H3,(H,15,16)(H2,12,13,17)/t8?,9-/m0/s1. The lowest BCUT2D eigenvalue weighted by Gasteiger charge is -2.17. The second kappa shape index (κ2) is 8.81. The van der Waals surface area contributed by atoms with Gasteiger partial charge in [-0.25, -0.2) is 9.59 Å². The van der Waals surface area contributed by atoms with E-state index in [1.807, 2.05) is 6.92 Å². The SMILES string of the molecule is CCCCCC(C)NC(=O)N[C@@H](CO)C(=O)O. The van der Waals surface area contributed by atoms with E-state index < -0.39 is 24.6 Å². The van der Waals surface area contributed by atoms with E-state index in [-0.39, 0.29) is 6.04 Å². The summed E-state index contributed by atoms with van der Waals surface area (Å²) in [7, 11) is 0. The molecule has 2 amide bonds. The third-order valence-corrected chi connectivity index (χ3v) is 2.40. The Morgan fingerprint density at radius 1 is 1.24 bits per heavy atom. The van der Waals surface area contributed by atoms with Crippen LogP contribution in [0.15, 0.2) is 0 Å². The predicted molar refractivity (Wildman–Crippen MR) is 63.8 cm³/mol. The average Bonchev–Trinajstić information content (AvgIpc) is 2.25. The maximum Gasteiger partial charge on any atom is 0.328 e. The first-order valence-corrected chi connectivity index (χ1v) is 5.92. The van der Waals surface area contributed by atoms with Crippen molar-refractivity contribution in [1.29, 1.82) is 0 Å². The van der Waals surface area contributed by atoms with Crippen molar-refractivity contribution in [2.45, 2.75) is 51.6 Å². The average molecular weight is 246 g/mol. The predicted octanol–water partition coefficient (Wildman–Crippen LogP) is 0.700. The zero-order valence-corrected chi connectivity index (χ0v) is 10.4. The number of nitrogens with one attached hydrogen (secondary N) is 2. The number of aliphatic hydroxyl groups is 1. The van der Waals surface area contributed by atoms with Crippen molar-refractivity contribution in [3.05, 3.63) is 0 Å². The Morgan fingerprint density at radius 3 is 2.35 bits per heavy atom. The summed E-state index contributed by atoms with van der Waals surface area (Å²) in [6.07, 6.45) is 4.12. The molecule has 0 heterocycles. The third kappa shape index (κ3) is 7.57. The van der Waals surface area contributed by atoms with Crippen LogP contribution in [0.25, 0.3) is 0 Å². The van der Waals surface area contributed by atoms with Crippen molar-refractivity contribution < 1.29 is 19.8 Å². The normalized spacial score (nSPS) is 13.8. The van der Waals surface area contributed by atoms with E-state index in [1.54, 1.807) is 0 Å². The topological polar surface area (TPSA) is 98.7 Å². The Labute approximate surface area is 101 Å². The van der Waals surface area contributed by atoms with Gasteiger partial charge in [0.1, 0.15) is 0 Å². The highest BCUT2D eigenvalue weighted by Crippen LogP contribution is 2.02. The van der Waals surface area contributed by atoms with E-state index in [1.165, 1.54) is 0 Å². The van der Waals surface area contributed by atoms with Gasteiger partial charge < -0.3 is 20.8 Å². The molecule has 6 heteroatoms. The molecule has 2 atom stereocenters. The fourth-order valence-electron chi connectivity index (χ4n) is 1.38. The minimum absolute atomic E-state index is 0.00492. The van der Waals surface area contributed by atoms with Crippen molar-refractivity contribution in [1.82, 2.24) is 10.6 Å². The Balaban J connectivity index is 3.87. The van der Waals surface area contributed by atoms with Gasteiger partial charge in [0.2, 0.25) is 0 Å². The Bertz CT molecular complexity index is 246. The summed E-state index contributed by atoms with van der Waals surface area (Å²) in [6.45, 7) is 3.35. The fraction of sp³-hybridized carbons (Fsp3) is 0.818. The molecule has 17 heavy (non-hydrogen) atoms. The largest absolute Gasteiger partial charge is 0.480 e. The van der Waals surface area contributed by atoms with Gasteiger partial charge in [-0.1, -0.05) is 26.2 Å². The molecule has 4 N–H and O–H groups in total. The van der Waals surface area contributed by atoms with Crippen LogP contribution in [0.2, 0.25) is 0 Å². The molecule has 1 unspecified atom stereocenters. The highest BCUT2D eigenvalue weighted by atomic mass is 16.4. The van der Waals surface area contributed by atoms with E-state index in [9.17, 15) is 9.59 Å². The van der Waals surface area contributed by atoms with Gasteiger partial charge in [-0.3, -0.25) is 0 Å². The van der Waals surface area contributed by atoms with Gasteiger partial charge in [0.25, 0.3) is 0 Å². The smallest absolute Gasteiger partial charge is 0.328 e. The van der Waals surface area contributed by atoms with Crippen LogP contribution in [-0.2, 0) is 4.79 Å². The number of urea groups is 1. The molecular formula is C11H22N2O4. The first-order chi connectivity index (χ1) is 8.01. The van der Waals surface area contributed by atoms with Crippen LogP contribution in [-0.4, -0.2) is 40.9 Å². The number of unbranched alkanes of at least 4 members (excludes halogenated alkanes) is 2. The zero-order valence-electron chi connectivity index (χ0n) is 10.4. The molecule has 0 aliphatic heterocycles. The fourth-order valence-corrected chi connectivity index (χ4v) is 1.38. The number of aliphatic carboxylic acids is 1. The molecule has 0 radical (unpaired) electrons. The molecule has 0 saturated carbocycles. The lowest BCUT2D eigenvalue weighted by Crippen LogP contribution is -2.49. The lowest BCUT2D eigenvalue weighted by atomic mass is 10.1. The Kier molecular flexibility index (Phi) is 8.13. The quantitative estimate of drug-likeness (QED) is 0.474. The monoisotopic (exact) mass is 246 g/mol. The van der Waals surface area contributed by atoms with Crippen LogP contribution >= 0.6 is 0 Å². The van der Waals surface area contributed by atoms with Crippen molar-refractivity contribution >= 4 is 12.0 Å². The van der Waals surface area contributed by atoms with Crippen LogP contribution < -0.4 is 10.6 Å². The third-order valence-electron chi connectivity index (χ3n) is 2.40. The lowest BCUT2D eigenvalue weighted by molar-refractivity contribution is -0.140. The number of amides is 2. The second-order valence-corrected chi connectivity index (χ2v) is 4.09. The van der Waals surface area contributed by atoms with Crippen LogP contribution in [0.1, 0.15) is 39.5 Å². The summed E-state index contributed by atoms with van der Waals surface area (Å²) in [5.41, 5.74) is 0. The summed E-state index contributed by atoms with van der Waals surface area (Å²) < 4.78 is 0. The van der Waals surface area contributed by atoms with Gasteiger partial charge in [0, 0.05) is 6.04 Å². The molecule has 0 aliphatic rings. The highest BCUT2D eigenvalue weighted by Gasteiger charge is 2.19. The summed E-state index contributed by atoms with van der Waals surface area (Å²) in [5.74, 6) is -1.25. The van der Waals surface area contributed by atoms with Crippen molar-refractivity contribution in [3.8, 4) is 0 Å². The van der Waals surface area contributed by atoms with Crippen molar-refractivity contribution in [2.24, 2.45) is 0 Å². The molecule has 0 bridgehead atoms. The summed E-state index contributed by atoms with van der Waals surface area (Å²) >= 11 is 0. The van der Waals surface area contributed by atoms with E-state index in [4.69, 9.17) is 10.2 Å². The minimum atomic E-state index is -1.25. The molecule has 6 nitrogen and oxygen atoms in total. The number of hydrogen-bond donors (Lipinski definition) is 4. The number of rotatable bonds is 8. The molecule has 0 rings (SSSR count). The molecule has 0 spiro atoms. The van der Waals surface area contributed by atoms with Crippen LogP contribution in [0.5, 0.6) is 0 Å². The molecular weight excluding hydrogens is 224 g/mol. The van der Waals surface area contributed by atoms with Gasteiger partial charge in [-0.15, -0.1) is 0 Å². The number of carboxylic acid groups (broad SMARTS) is 1. The zero-order chi connectivity index (χ0) is 13.3. The Hall–Kier alpha value is -1.30. The van der Waals surface area contributed by atoms with Crippen molar-refractivity contribution in [2.75, 3.05) is 6.61 Å². The van der Waals surface area contributed by atoms with E-state index in [0.717, 1.165) is 25.7 Å². The number of carbonyl (C=O) groups is 2. The van der Waals surface area contributed by atoms with Crippen LogP contribution in [0.4, 0.5) is 4.79 Å². The first kappa shape index (κ1) is 15.7. The first-order valence-electron chi connectivity index (χ1n) is 5.92. The van der Waals surface area contributed by atoms with Crippen LogP contribution in [0.3, 0.4) is 0 Å².